The average Bonchev–Trinajstić information content (AvgIpc) is 2.07. The molecule has 0 aromatic heterocycles. The Morgan fingerprint density at radius 1 is 1.50 bits per heavy atom. The molecule has 0 fully saturated rings. The first-order valence-corrected chi connectivity index (χ1v) is 4.20. The van der Waals surface area contributed by atoms with Crippen molar-refractivity contribution in [3.63, 3.8) is 0 Å². The smallest absolute Gasteiger partial charge is 0.0721 e. The van der Waals surface area contributed by atoms with Crippen molar-refractivity contribution in [2.24, 2.45) is 5.73 Å². The molecule has 1 heterocycles. The molecule has 0 unspecified atom stereocenters. The number of hydrogen-bond acceptors (Lipinski definition) is 2. The van der Waals surface area contributed by atoms with Gasteiger partial charge in [-0.05, 0) is 18.1 Å². The van der Waals surface area contributed by atoms with Gasteiger partial charge in [-0.2, -0.15) is 0 Å². The second kappa shape index (κ2) is 2.88. The summed E-state index contributed by atoms with van der Waals surface area (Å²) in [6.07, 6.45) is 0. The minimum atomic E-state index is 0.0636. The molecular weight excluding hydrogens is 150 g/mol. The van der Waals surface area contributed by atoms with E-state index in [0.29, 0.717) is 13.2 Å². The summed E-state index contributed by atoms with van der Waals surface area (Å²) >= 11 is 0. The molecule has 2 rings (SSSR count). The molecule has 0 saturated carbocycles. The van der Waals surface area contributed by atoms with Gasteiger partial charge in [0.1, 0.15) is 0 Å². The second-order valence-corrected chi connectivity index (χ2v) is 3.32. The summed E-state index contributed by atoms with van der Waals surface area (Å²) in [7, 11) is 0. The van der Waals surface area contributed by atoms with Crippen molar-refractivity contribution in [1.82, 2.24) is 0 Å². The standard InChI is InChI=1S/C10H13NO/c1-7-2-3-8-5-12-6-10(11)9(8)4-7/h2-4,10H,5-6,11H2,1H3/t10-/m1/s1. The van der Waals surface area contributed by atoms with Gasteiger partial charge in [0, 0.05) is 0 Å². The van der Waals surface area contributed by atoms with Gasteiger partial charge in [0.2, 0.25) is 0 Å². The van der Waals surface area contributed by atoms with Crippen LogP contribution in [0.1, 0.15) is 22.7 Å². The van der Waals surface area contributed by atoms with E-state index in [9.17, 15) is 0 Å². The van der Waals surface area contributed by atoms with Gasteiger partial charge in [0.15, 0.2) is 0 Å². The van der Waals surface area contributed by atoms with E-state index < -0.39 is 0 Å². The molecule has 1 atom stereocenters. The lowest BCUT2D eigenvalue weighted by molar-refractivity contribution is 0.0924. The van der Waals surface area contributed by atoms with E-state index in [4.69, 9.17) is 10.5 Å². The predicted octanol–water partition coefficient (Wildman–Crippen LogP) is 1.53. The van der Waals surface area contributed by atoms with Gasteiger partial charge in [-0.3, -0.25) is 0 Å². The zero-order valence-electron chi connectivity index (χ0n) is 7.21. The van der Waals surface area contributed by atoms with Gasteiger partial charge in [-0.1, -0.05) is 23.8 Å². The van der Waals surface area contributed by atoms with Crippen molar-refractivity contribution in [2.75, 3.05) is 6.61 Å². The molecule has 0 radical (unpaired) electrons. The summed E-state index contributed by atoms with van der Waals surface area (Å²) in [6, 6.07) is 6.42. The highest BCUT2D eigenvalue weighted by Crippen LogP contribution is 2.23. The van der Waals surface area contributed by atoms with Gasteiger partial charge in [-0.25, -0.2) is 0 Å². The minimum Gasteiger partial charge on any atom is -0.375 e. The zero-order chi connectivity index (χ0) is 8.55. The van der Waals surface area contributed by atoms with Crippen LogP contribution in [-0.2, 0) is 11.3 Å². The van der Waals surface area contributed by atoms with E-state index in [1.165, 1.54) is 16.7 Å². The van der Waals surface area contributed by atoms with Crippen molar-refractivity contribution < 1.29 is 4.74 Å². The molecule has 64 valence electrons. The number of hydrogen-bond donors (Lipinski definition) is 1. The zero-order valence-corrected chi connectivity index (χ0v) is 7.21. The number of aryl methyl sites for hydroxylation is 1. The molecule has 1 aromatic carbocycles. The summed E-state index contributed by atoms with van der Waals surface area (Å²) in [4.78, 5) is 0. The molecule has 1 aliphatic rings. The Morgan fingerprint density at radius 3 is 3.17 bits per heavy atom. The normalized spacial score (nSPS) is 22.0. The molecule has 12 heavy (non-hydrogen) atoms. The van der Waals surface area contributed by atoms with Crippen molar-refractivity contribution in [3.05, 3.63) is 34.9 Å². The third kappa shape index (κ3) is 1.24. The summed E-state index contributed by atoms with van der Waals surface area (Å²) in [5, 5.41) is 0. The first-order chi connectivity index (χ1) is 5.77. The van der Waals surface area contributed by atoms with E-state index in [2.05, 4.69) is 25.1 Å². The molecule has 0 bridgehead atoms. The number of rotatable bonds is 0. The molecule has 0 saturated heterocycles. The Balaban J connectivity index is 2.47. The molecular formula is C10H13NO. The Labute approximate surface area is 72.3 Å². The highest BCUT2D eigenvalue weighted by molar-refractivity contribution is 5.34. The largest absolute Gasteiger partial charge is 0.375 e. The van der Waals surface area contributed by atoms with Crippen LogP contribution in [0, 0.1) is 6.92 Å². The van der Waals surface area contributed by atoms with E-state index in [0.717, 1.165) is 0 Å². The Kier molecular flexibility index (Phi) is 1.87. The second-order valence-electron chi connectivity index (χ2n) is 3.32. The highest BCUT2D eigenvalue weighted by Gasteiger charge is 2.16. The van der Waals surface area contributed by atoms with E-state index in [-0.39, 0.29) is 6.04 Å². The van der Waals surface area contributed by atoms with Gasteiger partial charge in [-0.15, -0.1) is 0 Å². The monoisotopic (exact) mass is 163 g/mol. The maximum atomic E-state index is 5.89. The maximum Gasteiger partial charge on any atom is 0.0721 e. The molecule has 1 aromatic rings. The molecule has 2 N–H and O–H groups in total. The fraction of sp³-hybridized carbons (Fsp3) is 0.400. The quantitative estimate of drug-likeness (QED) is 0.629. The summed E-state index contributed by atoms with van der Waals surface area (Å²) in [5.41, 5.74) is 9.65. The molecule has 0 aliphatic carbocycles. The maximum absolute atomic E-state index is 5.89. The fourth-order valence-electron chi connectivity index (χ4n) is 1.58. The van der Waals surface area contributed by atoms with Gasteiger partial charge in [0.25, 0.3) is 0 Å². The molecule has 2 heteroatoms. The van der Waals surface area contributed by atoms with Crippen LogP contribution in [-0.4, -0.2) is 6.61 Å². The lowest BCUT2D eigenvalue weighted by atomic mass is 9.98. The van der Waals surface area contributed by atoms with Gasteiger partial charge < -0.3 is 10.5 Å². The summed E-state index contributed by atoms with van der Waals surface area (Å²) < 4.78 is 5.32. The number of nitrogens with two attached hydrogens (primary N) is 1. The lowest BCUT2D eigenvalue weighted by Gasteiger charge is -2.22. The van der Waals surface area contributed by atoms with Crippen LogP contribution >= 0.6 is 0 Å². The van der Waals surface area contributed by atoms with E-state index in [1.807, 2.05) is 0 Å². The predicted molar refractivity (Wildman–Crippen MR) is 47.8 cm³/mol. The number of benzene rings is 1. The average molecular weight is 163 g/mol. The number of fused-ring (bicyclic) bond motifs is 1. The van der Waals surface area contributed by atoms with Crippen LogP contribution in [0.2, 0.25) is 0 Å². The SMILES string of the molecule is Cc1ccc2c(c1)[C@H](N)COC2. The Hall–Kier alpha value is -0.860. The fourth-order valence-corrected chi connectivity index (χ4v) is 1.58. The molecule has 0 spiro atoms. The van der Waals surface area contributed by atoms with Crippen LogP contribution < -0.4 is 5.73 Å². The van der Waals surface area contributed by atoms with Crippen LogP contribution in [0.25, 0.3) is 0 Å². The third-order valence-corrected chi connectivity index (χ3v) is 2.26. The lowest BCUT2D eigenvalue weighted by Crippen LogP contribution is -2.23. The number of ether oxygens (including phenoxy) is 1. The molecule has 0 amide bonds. The molecule has 2 nitrogen and oxygen atoms in total. The first kappa shape index (κ1) is 7.77. The highest BCUT2D eigenvalue weighted by atomic mass is 16.5. The van der Waals surface area contributed by atoms with Crippen LogP contribution in [0.4, 0.5) is 0 Å². The van der Waals surface area contributed by atoms with Crippen molar-refractivity contribution in [3.8, 4) is 0 Å². The van der Waals surface area contributed by atoms with Crippen LogP contribution in [0.3, 0.4) is 0 Å². The third-order valence-electron chi connectivity index (χ3n) is 2.26. The van der Waals surface area contributed by atoms with E-state index >= 15 is 0 Å². The van der Waals surface area contributed by atoms with Crippen molar-refractivity contribution in [1.29, 1.82) is 0 Å². The summed E-state index contributed by atoms with van der Waals surface area (Å²) in [5.74, 6) is 0. The van der Waals surface area contributed by atoms with Crippen LogP contribution in [0.15, 0.2) is 18.2 Å². The molecule has 1 aliphatic heterocycles. The minimum absolute atomic E-state index is 0.0636. The van der Waals surface area contributed by atoms with E-state index in [1.54, 1.807) is 0 Å². The van der Waals surface area contributed by atoms with Crippen LogP contribution in [0.5, 0.6) is 0 Å². The van der Waals surface area contributed by atoms with Crippen molar-refractivity contribution >= 4 is 0 Å². The van der Waals surface area contributed by atoms with Crippen molar-refractivity contribution in [2.45, 2.75) is 19.6 Å². The summed E-state index contributed by atoms with van der Waals surface area (Å²) in [6.45, 7) is 3.45. The first-order valence-electron chi connectivity index (χ1n) is 4.20. The van der Waals surface area contributed by atoms with Gasteiger partial charge >= 0.3 is 0 Å². The Bertz CT molecular complexity index is 296. The Morgan fingerprint density at radius 2 is 2.33 bits per heavy atom. The topological polar surface area (TPSA) is 35.2 Å². The van der Waals surface area contributed by atoms with Gasteiger partial charge in [0.05, 0.1) is 19.3 Å².